The summed E-state index contributed by atoms with van der Waals surface area (Å²) in [5, 5.41) is 5.11. The van der Waals surface area contributed by atoms with Crippen molar-refractivity contribution in [2.24, 2.45) is 0 Å². The summed E-state index contributed by atoms with van der Waals surface area (Å²) in [6, 6.07) is 9.87. The van der Waals surface area contributed by atoms with E-state index in [0.29, 0.717) is 33.7 Å². The fraction of sp³-hybridized carbons (Fsp3) is 0.158. The summed E-state index contributed by atoms with van der Waals surface area (Å²) < 4.78 is 0.527. The van der Waals surface area contributed by atoms with E-state index in [9.17, 15) is 9.59 Å². The molecule has 0 bridgehead atoms. The van der Waals surface area contributed by atoms with Gasteiger partial charge in [-0.1, -0.05) is 66.5 Å². The SMILES string of the molecule is O=C(CCCN1C(=O)/C(=C\C=C/c2ccccc2)SC1=S)Nc1nccs1. The predicted octanol–water partition coefficient (Wildman–Crippen LogP) is 4.32. The van der Waals surface area contributed by atoms with E-state index in [1.807, 2.05) is 42.5 Å². The van der Waals surface area contributed by atoms with Crippen molar-refractivity contribution in [2.75, 3.05) is 11.9 Å². The summed E-state index contributed by atoms with van der Waals surface area (Å²) in [6.07, 6.45) is 8.05. The van der Waals surface area contributed by atoms with E-state index >= 15 is 0 Å². The Morgan fingerprint density at radius 1 is 1.30 bits per heavy atom. The highest BCUT2D eigenvalue weighted by Crippen LogP contribution is 2.31. The van der Waals surface area contributed by atoms with E-state index < -0.39 is 0 Å². The van der Waals surface area contributed by atoms with Crippen LogP contribution in [0.15, 0.2) is 59.0 Å². The molecule has 2 amide bonds. The van der Waals surface area contributed by atoms with Crippen molar-refractivity contribution in [3.63, 3.8) is 0 Å². The van der Waals surface area contributed by atoms with Crippen molar-refractivity contribution in [3.05, 3.63) is 64.5 Å². The smallest absolute Gasteiger partial charge is 0.266 e. The van der Waals surface area contributed by atoms with Gasteiger partial charge in [0.2, 0.25) is 5.91 Å². The van der Waals surface area contributed by atoms with Crippen LogP contribution in [-0.4, -0.2) is 32.6 Å². The van der Waals surface area contributed by atoms with Crippen LogP contribution in [0.5, 0.6) is 0 Å². The Balaban J connectivity index is 1.49. The number of allylic oxidation sites excluding steroid dienone is 2. The summed E-state index contributed by atoms with van der Waals surface area (Å²) in [5.41, 5.74) is 1.07. The van der Waals surface area contributed by atoms with Gasteiger partial charge in [0.1, 0.15) is 4.32 Å². The number of hydrogen-bond acceptors (Lipinski definition) is 6. The monoisotopic (exact) mass is 415 g/mol. The van der Waals surface area contributed by atoms with Gasteiger partial charge in [0, 0.05) is 24.5 Å². The number of aromatic nitrogens is 1. The van der Waals surface area contributed by atoms with Gasteiger partial charge in [-0.3, -0.25) is 14.5 Å². The third-order valence-corrected chi connectivity index (χ3v) is 5.76. The molecule has 5 nitrogen and oxygen atoms in total. The molecule has 0 radical (unpaired) electrons. The van der Waals surface area contributed by atoms with Crippen molar-refractivity contribution >= 4 is 62.7 Å². The molecule has 1 aromatic heterocycles. The Kier molecular flexibility index (Phi) is 6.92. The van der Waals surface area contributed by atoms with Gasteiger partial charge < -0.3 is 5.32 Å². The number of nitrogens with zero attached hydrogens (tertiary/aromatic N) is 2. The van der Waals surface area contributed by atoms with Crippen molar-refractivity contribution < 1.29 is 9.59 Å². The molecular formula is C19H17N3O2S3. The summed E-state index contributed by atoms with van der Waals surface area (Å²) in [4.78, 5) is 30.5. The minimum atomic E-state index is -0.114. The van der Waals surface area contributed by atoms with Gasteiger partial charge in [-0.25, -0.2) is 4.98 Å². The molecule has 1 fully saturated rings. The molecule has 0 saturated carbocycles. The van der Waals surface area contributed by atoms with Crippen LogP contribution in [0.3, 0.4) is 0 Å². The zero-order valence-corrected chi connectivity index (χ0v) is 16.8. The number of thiocarbonyl (C=S) groups is 1. The predicted molar refractivity (Wildman–Crippen MR) is 115 cm³/mol. The van der Waals surface area contributed by atoms with E-state index in [1.54, 1.807) is 22.6 Å². The number of nitrogens with one attached hydrogen (secondary N) is 1. The van der Waals surface area contributed by atoms with Gasteiger partial charge in [-0.15, -0.1) is 11.3 Å². The maximum absolute atomic E-state index is 12.5. The van der Waals surface area contributed by atoms with Crippen molar-refractivity contribution in [1.82, 2.24) is 9.88 Å². The Morgan fingerprint density at radius 2 is 2.11 bits per heavy atom. The van der Waals surface area contributed by atoms with E-state index in [0.717, 1.165) is 5.56 Å². The van der Waals surface area contributed by atoms with Crippen LogP contribution in [0.4, 0.5) is 5.13 Å². The van der Waals surface area contributed by atoms with Crippen LogP contribution < -0.4 is 5.32 Å². The van der Waals surface area contributed by atoms with Crippen LogP contribution in [0, 0.1) is 0 Å². The summed E-state index contributed by atoms with van der Waals surface area (Å²) in [7, 11) is 0. The average molecular weight is 416 g/mol. The summed E-state index contributed by atoms with van der Waals surface area (Å²) in [5.74, 6) is -0.222. The number of amides is 2. The number of thioether (sulfide) groups is 1. The summed E-state index contributed by atoms with van der Waals surface area (Å²) >= 11 is 7.96. The molecule has 1 aromatic carbocycles. The molecule has 1 saturated heterocycles. The maximum Gasteiger partial charge on any atom is 0.266 e. The Labute approximate surface area is 171 Å². The number of anilines is 1. The molecule has 1 aliphatic rings. The first-order valence-electron chi connectivity index (χ1n) is 8.30. The van der Waals surface area contributed by atoms with Gasteiger partial charge in [0.05, 0.1) is 4.91 Å². The third-order valence-electron chi connectivity index (χ3n) is 3.67. The number of benzene rings is 1. The second-order valence-corrected chi connectivity index (χ2v) is 8.18. The molecule has 0 atom stereocenters. The fourth-order valence-electron chi connectivity index (χ4n) is 2.38. The Bertz CT molecular complexity index is 877. The van der Waals surface area contributed by atoms with E-state index in [2.05, 4.69) is 10.3 Å². The molecule has 0 spiro atoms. The van der Waals surface area contributed by atoms with Crippen LogP contribution >= 0.6 is 35.3 Å². The summed E-state index contributed by atoms with van der Waals surface area (Å²) in [6.45, 7) is 0.426. The number of carbonyl (C=O) groups excluding carboxylic acids is 2. The molecule has 1 aliphatic heterocycles. The van der Waals surface area contributed by atoms with Gasteiger partial charge in [0.15, 0.2) is 5.13 Å². The Morgan fingerprint density at radius 3 is 2.85 bits per heavy atom. The average Bonchev–Trinajstić information content (AvgIpc) is 3.26. The number of carbonyl (C=O) groups is 2. The first-order chi connectivity index (χ1) is 13.1. The molecule has 0 aliphatic carbocycles. The quantitative estimate of drug-likeness (QED) is 0.539. The van der Waals surface area contributed by atoms with E-state index in [-0.39, 0.29) is 11.8 Å². The number of hydrogen-bond donors (Lipinski definition) is 1. The lowest BCUT2D eigenvalue weighted by Gasteiger charge is -2.13. The molecule has 2 heterocycles. The zero-order chi connectivity index (χ0) is 19.1. The Hall–Kier alpha value is -2.29. The second-order valence-electron chi connectivity index (χ2n) is 5.61. The molecule has 2 aromatic rings. The van der Waals surface area contributed by atoms with Crippen molar-refractivity contribution in [2.45, 2.75) is 12.8 Å². The third kappa shape index (κ3) is 5.59. The zero-order valence-electron chi connectivity index (χ0n) is 14.3. The van der Waals surface area contributed by atoms with Crippen LogP contribution in [0.2, 0.25) is 0 Å². The largest absolute Gasteiger partial charge is 0.302 e. The van der Waals surface area contributed by atoms with Crippen LogP contribution in [0.1, 0.15) is 18.4 Å². The van der Waals surface area contributed by atoms with Crippen LogP contribution in [0.25, 0.3) is 6.08 Å². The maximum atomic E-state index is 12.5. The van der Waals surface area contributed by atoms with Gasteiger partial charge in [-0.05, 0) is 18.1 Å². The van der Waals surface area contributed by atoms with Gasteiger partial charge in [0.25, 0.3) is 5.91 Å². The van der Waals surface area contributed by atoms with Crippen LogP contribution in [-0.2, 0) is 9.59 Å². The lowest BCUT2D eigenvalue weighted by atomic mass is 10.2. The minimum absolute atomic E-state index is 0.108. The molecule has 138 valence electrons. The van der Waals surface area contributed by atoms with Gasteiger partial charge >= 0.3 is 0 Å². The van der Waals surface area contributed by atoms with E-state index in [1.165, 1.54) is 23.1 Å². The molecular weight excluding hydrogens is 398 g/mol. The molecule has 0 unspecified atom stereocenters. The first-order valence-corrected chi connectivity index (χ1v) is 10.4. The van der Waals surface area contributed by atoms with Crippen molar-refractivity contribution in [3.8, 4) is 0 Å². The first kappa shape index (κ1) is 19.5. The number of rotatable bonds is 7. The topological polar surface area (TPSA) is 62.3 Å². The van der Waals surface area contributed by atoms with E-state index in [4.69, 9.17) is 12.2 Å². The number of thiazole rings is 1. The molecule has 1 N–H and O–H groups in total. The van der Waals surface area contributed by atoms with Crippen molar-refractivity contribution in [1.29, 1.82) is 0 Å². The highest BCUT2D eigenvalue weighted by atomic mass is 32.2. The standard InChI is InChI=1S/C19H17N3O2S3/c23-16(21-18-20-11-13-26-18)10-5-12-22-17(24)15(27-19(22)25)9-4-8-14-6-2-1-3-7-14/h1-4,6-9,11,13H,5,10,12H2,(H,20,21,23)/b8-4-,15-9+. The van der Waals surface area contributed by atoms with Gasteiger partial charge in [-0.2, -0.15) is 0 Å². The second kappa shape index (κ2) is 9.59. The highest BCUT2D eigenvalue weighted by molar-refractivity contribution is 8.26. The molecule has 27 heavy (non-hydrogen) atoms. The normalized spacial score (nSPS) is 15.9. The molecule has 3 rings (SSSR count). The molecule has 8 heteroatoms. The fourth-order valence-corrected chi connectivity index (χ4v) is 4.19. The highest BCUT2D eigenvalue weighted by Gasteiger charge is 2.31. The minimum Gasteiger partial charge on any atom is -0.302 e. The lowest BCUT2D eigenvalue weighted by molar-refractivity contribution is -0.122. The lowest BCUT2D eigenvalue weighted by Crippen LogP contribution is -2.29.